The van der Waals surface area contributed by atoms with E-state index < -0.39 is 0 Å². The van der Waals surface area contributed by atoms with E-state index >= 15 is 0 Å². The molecule has 1 aromatic carbocycles. The Hall–Kier alpha value is -2.18. The molecule has 0 saturated carbocycles. The zero-order chi connectivity index (χ0) is 17.9. The van der Waals surface area contributed by atoms with Crippen molar-refractivity contribution in [3.63, 3.8) is 0 Å². The molecule has 0 radical (unpaired) electrons. The fourth-order valence-electron chi connectivity index (χ4n) is 3.78. The van der Waals surface area contributed by atoms with Crippen LogP contribution in [0.2, 0.25) is 0 Å². The van der Waals surface area contributed by atoms with E-state index in [4.69, 9.17) is 15.5 Å². The van der Waals surface area contributed by atoms with Crippen molar-refractivity contribution >= 4 is 11.8 Å². The number of anilines is 2. The fraction of sp³-hybridized carbons (Fsp3) is 0.500. The number of benzene rings is 1. The third-order valence-electron chi connectivity index (χ3n) is 5.41. The van der Waals surface area contributed by atoms with Gasteiger partial charge in [0.15, 0.2) is 0 Å². The minimum absolute atomic E-state index is 0.464. The molecule has 1 atom stereocenters. The van der Waals surface area contributed by atoms with E-state index in [1.165, 1.54) is 31.5 Å². The highest BCUT2D eigenvalue weighted by Gasteiger charge is 2.20. The molecular formula is C20H27N5O. The van der Waals surface area contributed by atoms with Crippen LogP contribution in [0.15, 0.2) is 30.3 Å². The van der Waals surface area contributed by atoms with Gasteiger partial charge in [0.25, 0.3) is 0 Å². The summed E-state index contributed by atoms with van der Waals surface area (Å²) in [5.41, 5.74) is 9.35. The molecule has 2 aliphatic rings. The van der Waals surface area contributed by atoms with Crippen molar-refractivity contribution in [3.8, 4) is 11.3 Å². The van der Waals surface area contributed by atoms with Gasteiger partial charge in [-0.05, 0) is 38.4 Å². The first kappa shape index (κ1) is 17.2. The number of aromatic nitrogens is 2. The van der Waals surface area contributed by atoms with Crippen molar-refractivity contribution < 1.29 is 4.74 Å². The monoisotopic (exact) mass is 353 g/mol. The van der Waals surface area contributed by atoms with Crippen LogP contribution in [0.5, 0.6) is 0 Å². The fourth-order valence-corrected chi connectivity index (χ4v) is 3.78. The molecule has 2 N–H and O–H groups in total. The van der Waals surface area contributed by atoms with Crippen LogP contribution in [-0.4, -0.2) is 54.3 Å². The summed E-state index contributed by atoms with van der Waals surface area (Å²) in [7, 11) is 0. The van der Waals surface area contributed by atoms with Crippen molar-refractivity contribution in [2.24, 2.45) is 0 Å². The van der Waals surface area contributed by atoms with E-state index in [1.807, 2.05) is 6.07 Å². The second kappa shape index (κ2) is 7.60. The Kier molecular flexibility index (Phi) is 5.04. The molecule has 3 heterocycles. The lowest BCUT2D eigenvalue weighted by molar-refractivity contribution is 0.122. The first-order valence-electron chi connectivity index (χ1n) is 9.52. The molecule has 1 unspecified atom stereocenters. The molecule has 6 nitrogen and oxygen atoms in total. The van der Waals surface area contributed by atoms with Gasteiger partial charge in [0.05, 0.1) is 18.9 Å². The maximum Gasteiger partial charge on any atom is 0.228 e. The van der Waals surface area contributed by atoms with Crippen molar-refractivity contribution in [1.29, 1.82) is 0 Å². The Balaban J connectivity index is 1.56. The Morgan fingerprint density at radius 3 is 2.38 bits per heavy atom. The van der Waals surface area contributed by atoms with Gasteiger partial charge in [-0.3, -0.25) is 4.90 Å². The van der Waals surface area contributed by atoms with E-state index in [0.29, 0.717) is 31.0 Å². The molecular weight excluding hydrogens is 326 g/mol. The maximum absolute atomic E-state index is 6.05. The lowest BCUT2D eigenvalue weighted by atomic mass is 10.0. The smallest absolute Gasteiger partial charge is 0.228 e. The molecule has 1 aromatic heterocycles. The Morgan fingerprint density at radius 2 is 1.69 bits per heavy atom. The summed E-state index contributed by atoms with van der Waals surface area (Å²) in [6.45, 7) is 7.71. The average molecular weight is 353 g/mol. The highest BCUT2D eigenvalue weighted by molar-refractivity contribution is 5.64. The molecule has 0 amide bonds. The number of hydrogen-bond donors (Lipinski definition) is 1. The molecule has 26 heavy (non-hydrogen) atoms. The SMILES string of the molecule is CC(c1ccc(-c2cc(N)nc(N3CCOCC3)n2)cc1)N1CCCC1. The molecule has 2 aromatic rings. The quantitative estimate of drug-likeness (QED) is 0.912. The molecule has 4 rings (SSSR count). The number of hydrogen-bond acceptors (Lipinski definition) is 6. The van der Waals surface area contributed by atoms with Gasteiger partial charge in [-0.15, -0.1) is 0 Å². The zero-order valence-corrected chi connectivity index (χ0v) is 15.4. The Labute approximate surface area is 155 Å². The molecule has 0 bridgehead atoms. The summed E-state index contributed by atoms with van der Waals surface area (Å²) >= 11 is 0. The van der Waals surface area contributed by atoms with E-state index in [9.17, 15) is 0 Å². The van der Waals surface area contributed by atoms with Gasteiger partial charge in [-0.25, -0.2) is 4.98 Å². The molecule has 2 fully saturated rings. The van der Waals surface area contributed by atoms with Crippen molar-refractivity contribution in [3.05, 3.63) is 35.9 Å². The predicted octanol–water partition coefficient (Wildman–Crippen LogP) is 2.72. The van der Waals surface area contributed by atoms with Gasteiger partial charge in [0.2, 0.25) is 5.95 Å². The molecule has 0 spiro atoms. The summed E-state index contributed by atoms with van der Waals surface area (Å²) < 4.78 is 5.41. The number of morpholine rings is 1. The van der Waals surface area contributed by atoms with E-state index in [1.54, 1.807) is 0 Å². The molecule has 2 saturated heterocycles. The number of nitrogen functional groups attached to an aromatic ring is 1. The van der Waals surface area contributed by atoms with Crippen LogP contribution < -0.4 is 10.6 Å². The molecule has 2 aliphatic heterocycles. The number of nitrogens with two attached hydrogens (primary N) is 1. The average Bonchev–Trinajstić information content (AvgIpc) is 3.22. The van der Waals surface area contributed by atoms with E-state index in [0.717, 1.165) is 24.3 Å². The van der Waals surface area contributed by atoms with Crippen molar-refractivity contribution in [1.82, 2.24) is 14.9 Å². The van der Waals surface area contributed by atoms with Crippen LogP contribution in [0.4, 0.5) is 11.8 Å². The highest BCUT2D eigenvalue weighted by atomic mass is 16.5. The second-order valence-corrected chi connectivity index (χ2v) is 7.12. The topological polar surface area (TPSA) is 67.5 Å². The summed E-state index contributed by atoms with van der Waals surface area (Å²) in [4.78, 5) is 13.8. The van der Waals surface area contributed by atoms with E-state index in [2.05, 4.69) is 46.0 Å². The van der Waals surface area contributed by atoms with Crippen LogP contribution in [0, 0.1) is 0 Å². The molecule has 0 aliphatic carbocycles. The van der Waals surface area contributed by atoms with Crippen LogP contribution >= 0.6 is 0 Å². The van der Waals surface area contributed by atoms with Gasteiger partial charge >= 0.3 is 0 Å². The summed E-state index contributed by atoms with van der Waals surface area (Å²) in [6, 6.07) is 11.0. The number of ether oxygens (including phenoxy) is 1. The first-order chi connectivity index (χ1) is 12.7. The van der Waals surface area contributed by atoms with Gasteiger partial charge in [-0.2, -0.15) is 4.98 Å². The van der Waals surface area contributed by atoms with Gasteiger partial charge in [-0.1, -0.05) is 24.3 Å². The van der Waals surface area contributed by atoms with Crippen molar-refractivity contribution in [2.75, 3.05) is 50.0 Å². The van der Waals surface area contributed by atoms with Crippen LogP contribution in [0.1, 0.15) is 31.4 Å². The van der Waals surface area contributed by atoms with E-state index in [-0.39, 0.29) is 0 Å². The number of rotatable bonds is 4. The number of likely N-dealkylation sites (tertiary alicyclic amines) is 1. The predicted molar refractivity (Wildman–Crippen MR) is 104 cm³/mol. The third-order valence-corrected chi connectivity index (χ3v) is 5.41. The highest BCUT2D eigenvalue weighted by Crippen LogP contribution is 2.28. The third kappa shape index (κ3) is 3.66. The molecule has 6 heteroatoms. The summed E-state index contributed by atoms with van der Waals surface area (Å²) in [5.74, 6) is 1.20. The van der Waals surface area contributed by atoms with Gasteiger partial charge in [0.1, 0.15) is 5.82 Å². The minimum Gasteiger partial charge on any atom is -0.384 e. The molecule has 138 valence electrons. The normalized spacial score (nSPS) is 19.7. The summed E-state index contributed by atoms with van der Waals surface area (Å²) in [6.07, 6.45) is 2.62. The number of nitrogens with zero attached hydrogens (tertiary/aromatic N) is 4. The summed E-state index contributed by atoms with van der Waals surface area (Å²) in [5, 5.41) is 0. The lowest BCUT2D eigenvalue weighted by Crippen LogP contribution is -2.37. The van der Waals surface area contributed by atoms with Crippen LogP contribution in [-0.2, 0) is 4.74 Å². The Bertz CT molecular complexity index is 736. The Morgan fingerprint density at radius 1 is 1.00 bits per heavy atom. The van der Waals surface area contributed by atoms with Crippen LogP contribution in [0.3, 0.4) is 0 Å². The van der Waals surface area contributed by atoms with Crippen molar-refractivity contribution in [2.45, 2.75) is 25.8 Å². The first-order valence-corrected chi connectivity index (χ1v) is 9.52. The van der Waals surface area contributed by atoms with Crippen LogP contribution in [0.25, 0.3) is 11.3 Å². The second-order valence-electron chi connectivity index (χ2n) is 7.12. The largest absolute Gasteiger partial charge is 0.384 e. The zero-order valence-electron chi connectivity index (χ0n) is 15.4. The lowest BCUT2D eigenvalue weighted by Gasteiger charge is -2.27. The van der Waals surface area contributed by atoms with Gasteiger partial charge in [0, 0.05) is 30.8 Å². The maximum atomic E-state index is 6.05. The standard InChI is InChI=1S/C20H27N5O/c1-15(24-8-2-3-9-24)16-4-6-17(7-5-16)18-14-19(21)23-20(22-18)25-10-12-26-13-11-25/h4-7,14-15H,2-3,8-13H2,1H3,(H2,21,22,23). The minimum atomic E-state index is 0.464. The van der Waals surface area contributed by atoms with Gasteiger partial charge < -0.3 is 15.4 Å².